The molecular formula is C14H14N4O3. The molecule has 2 amide bonds. The summed E-state index contributed by atoms with van der Waals surface area (Å²) in [7, 11) is 1.69. The zero-order valence-electron chi connectivity index (χ0n) is 11.4. The van der Waals surface area contributed by atoms with E-state index >= 15 is 0 Å². The Bertz CT molecular complexity index is 682. The minimum absolute atomic E-state index is 0.00130. The van der Waals surface area contributed by atoms with E-state index in [-0.39, 0.29) is 18.4 Å². The third-order valence-electron chi connectivity index (χ3n) is 3.15. The van der Waals surface area contributed by atoms with E-state index in [1.807, 2.05) is 0 Å². The van der Waals surface area contributed by atoms with Crippen LogP contribution in [0.2, 0.25) is 0 Å². The van der Waals surface area contributed by atoms with Crippen LogP contribution in [-0.4, -0.2) is 40.3 Å². The zero-order valence-corrected chi connectivity index (χ0v) is 11.4. The molecule has 0 unspecified atom stereocenters. The summed E-state index contributed by atoms with van der Waals surface area (Å²) in [6.07, 6.45) is 3.35. The first kappa shape index (κ1) is 13.2. The standard InChI is InChI=1S/C14H14N4O3/c1-18(7-12-15-4-5-16-12)14(20)9-2-3-11-10(6-9)17-13(19)8-21-11/h2-6H,7-8H2,1H3,(H,15,16)(H,17,19). The number of ether oxygens (including phenoxy) is 1. The predicted octanol–water partition coefficient (Wildman–Crippen LogP) is 1.01. The largest absolute Gasteiger partial charge is 0.482 e. The highest BCUT2D eigenvalue weighted by molar-refractivity contribution is 5.99. The number of hydrogen-bond acceptors (Lipinski definition) is 4. The molecule has 1 aromatic heterocycles. The van der Waals surface area contributed by atoms with Crippen molar-refractivity contribution < 1.29 is 14.3 Å². The van der Waals surface area contributed by atoms with Gasteiger partial charge >= 0.3 is 0 Å². The maximum absolute atomic E-state index is 12.4. The smallest absolute Gasteiger partial charge is 0.262 e. The fourth-order valence-corrected chi connectivity index (χ4v) is 2.12. The molecular weight excluding hydrogens is 272 g/mol. The number of rotatable bonds is 3. The number of hydrogen-bond donors (Lipinski definition) is 2. The lowest BCUT2D eigenvalue weighted by Crippen LogP contribution is -2.28. The minimum Gasteiger partial charge on any atom is -0.482 e. The number of fused-ring (bicyclic) bond motifs is 1. The van der Waals surface area contributed by atoms with Crippen LogP contribution in [0.1, 0.15) is 16.2 Å². The Morgan fingerprint density at radius 3 is 3.10 bits per heavy atom. The highest BCUT2D eigenvalue weighted by Crippen LogP contribution is 2.28. The summed E-state index contributed by atoms with van der Waals surface area (Å²) >= 11 is 0. The maximum atomic E-state index is 12.4. The Hall–Kier alpha value is -2.83. The SMILES string of the molecule is CN(Cc1ncc[nH]1)C(=O)c1ccc2c(c1)NC(=O)CO2. The van der Waals surface area contributed by atoms with Gasteiger partial charge in [-0.15, -0.1) is 0 Å². The van der Waals surface area contributed by atoms with E-state index < -0.39 is 0 Å². The van der Waals surface area contributed by atoms with Gasteiger partial charge in [0.2, 0.25) is 0 Å². The Balaban J connectivity index is 1.78. The molecule has 1 aromatic carbocycles. The van der Waals surface area contributed by atoms with E-state index in [9.17, 15) is 9.59 Å². The molecule has 7 heteroatoms. The van der Waals surface area contributed by atoms with E-state index in [1.54, 1.807) is 42.5 Å². The summed E-state index contributed by atoms with van der Waals surface area (Å²) in [6.45, 7) is 0.379. The van der Waals surface area contributed by atoms with Gasteiger partial charge in [0.25, 0.3) is 11.8 Å². The maximum Gasteiger partial charge on any atom is 0.262 e. The second-order valence-electron chi connectivity index (χ2n) is 4.74. The number of benzene rings is 1. The number of nitrogens with one attached hydrogen (secondary N) is 2. The normalized spacial score (nSPS) is 13.1. The molecule has 3 rings (SSSR count). The predicted molar refractivity (Wildman–Crippen MR) is 75.0 cm³/mol. The monoisotopic (exact) mass is 286 g/mol. The molecule has 2 aromatic rings. The summed E-state index contributed by atoms with van der Waals surface area (Å²) in [5.74, 6) is 0.894. The number of carbonyl (C=O) groups is 2. The van der Waals surface area contributed by atoms with E-state index in [1.165, 1.54) is 0 Å². The van der Waals surface area contributed by atoms with Gasteiger partial charge in [0.05, 0.1) is 12.2 Å². The molecule has 0 fully saturated rings. The molecule has 1 aliphatic rings. The molecule has 0 atom stereocenters. The van der Waals surface area contributed by atoms with Crippen LogP contribution < -0.4 is 10.1 Å². The molecule has 0 saturated heterocycles. The number of imidazole rings is 1. The average molecular weight is 286 g/mol. The Morgan fingerprint density at radius 1 is 1.48 bits per heavy atom. The van der Waals surface area contributed by atoms with Gasteiger partial charge in [0.15, 0.2) is 6.61 Å². The van der Waals surface area contributed by atoms with Gasteiger partial charge in [0, 0.05) is 25.0 Å². The number of anilines is 1. The molecule has 108 valence electrons. The van der Waals surface area contributed by atoms with Crippen molar-refractivity contribution in [3.05, 3.63) is 42.0 Å². The van der Waals surface area contributed by atoms with Gasteiger partial charge in [-0.2, -0.15) is 0 Å². The third kappa shape index (κ3) is 2.71. The van der Waals surface area contributed by atoms with Crippen molar-refractivity contribution in [3.8, 4) is 5.75 Å². The average Bonchev–Trinajstić information content (AvgIpc) is 2.98. The summed E-state index contributed by atoms with van der Waals surface area (Å²) in [5, 5.41) is 2.69. The van der Waals surface area contributed by atoms with Crippen molar-refractivity contribution >= 4 is 17.5 Å². The van der Waals surface area contributed by atoms with Crippen LogP contribution >= 0.6 is 0 Å². The van der Waals surface area contributed by atoms with Gasteiger partial charge in [0.1, 0.15) is 11.6 Å². The topological polar surface area (TPSA) is 87.3 Å². The highest BCUT2D eigenvalue weighted by Gasteiger charge is 2.19. The van der Waals surface area contributed by atoms with Crippen molar-refractivity contribution in [2.45, 2.75) is 6.54 Å². The van der Waals surface area contributed by atoms with Crippen LogP contribution in [-0.2, 0) is 11.3 Å². The van der Waals surface area contributed by atoms with Crippen LogP contribution in [0.3, 0.4) is 0 Å². The van der Waals surface area contributed by atoms with Crippen molar-refractivity contribution in [2.75, 3.05) is 19.0 Å². The molecule has 7 nitrogen and oxygen atoms in total. The molecule has 2 N–H and O–H groups in total. The summed E-state index contributed by atoms with van der Waals surface area (Å²) < 4.78 is 5.26. The van der Waals surface area contributed by atoms with Gasteiger partial charge in [-0.25, -0.2) is 4.98 Å². The molecule has 0 aliphatic carbocycles. The summed E-state index contributed by atoms with van der Waals surface area (Å²) in [6, 6.07) is 4.98. The lowest BCUT2D eigenvalue weighted by atomic mass is 10.1. The second kappa shape index (κ2) is 5.28. The lowest BCUT2D eigenvalue weighted by Gasteiger charge is -2.20. The fraction of sp³-hybridized carbons (Fsp3) is 0.214. The first-order valence-corrected chi connectivity index (χ1v) is 6.44. The molecule has 0 radical (unpaired) electrons. The van der Waals surface area contributed by atoms with Crippen molar-refractivity contribution in [1.29, 1.82) is 0 Å². The summed E-state index contributed by atoms with van der Waals surface area (Å²) in [4.78, 5) is 32.3. The Kier molecular flexibility index (Phi) is 3.31. The number of aromatic amines is 1. The lowest BCUT2D eigenvalue weighted by molar-refractivity contribution is -0.118. The van der Waals surface area contributed by atoms with Gasteiger partial charge in [-0.1, -0.05) is 0 Å². The quantitative estimate of drug-likeness (QED) is 0.881. The molecule has 0 bridgehead atoms. The molecule has 21 heavy (non-hydrogen) atoms. The molecule has 2 heterocycles. The Morgan fingerprint density at radius 2 is 2.33 bits per heavy atom. The van der Waals surface area contributed by atoms with E-state index in [4.69, 9.17) is 4.74 Å². The highest BCUT2D eigenvalue weighted by atomic mass is 16.5. The van der Waals surface area contributed by atoms with Gasteiger partial charge in [-0.3, -0.25) is 9.59 Å². The van der Waals surface area contributed by atoms with E-state index in [0.717, 1.165) is 0 Å². The van der Waals surface area contributed by atoms with Crippen LogP contribution in [0, 0.1) is 0 Å². The van der Waals surface area contributed by atoms with Gasteiger partial charge in [-0.05, 0) is 18.2 Å². The van der Waals surface area contributed by atoms with Crippen molar-refractivity contribution in [1.82, 2.24) is 14.9 Å². The van der Waals surface area contributed by atoms with Crippen LogP contribution in [0.25, 0.3) is 0 Å². The number of H-pyrrole nitrogens is 1. The number of aromatic nitrogens is 2. The first-order chi connectivity index (χ1) is 10.1. The number of amides is 2. The number of nitrogens with zero attached hydrogens (tertiary/aromatic N) is 2. The number of carbonyl (C=O) groups excluding carboxylic acids is 2. The van der Waals surface area contributed by atoms with Gasteiger partial charge < -0.3 is 19.9 Å². The van der Waals surface area contributed by atoms with Crippen LogP contribution in [0.4, 0.5) is 5.69 Å². The Labute approximate surface area is 120 Å². The molecule has 1 aliphatic heterocycles. The fourth-order valence-electron chi connectivity index (χ4n) is 2.12. The van der Waals surface area contributed by atoms with Crippen molar-refractivity contribution in [3.63, 3.8) is 0 Å². The third-order valence-corrected chi connectivity index (χ3v) is 3.15. The molecule has 0 spiro atoms. The van der Waals surface area contributed by atoms with Crippen LogP contribution in [0.15, 0.2) is 30.6 Å². The van der Waals surface area contributed by atoms with E-state index in [0.29, 0.717) is 29.4 Å². The first-order valence-electron chi connectivity index (χ1n) is 6.44. The second-order valence-corrected chi connectivity index (χ2v) is 4.74. The zero-order chi connectivity index (χ0) is 14.8. The van der Waals surface area contributed by atoms with E-state index in [2.05, 4.69) is 15.3 Å². The minimum atomic E-state index is -0.226. The van der Waals surface area contributed by atoms with Crippen LogP contribution in [0.5, 0.6) is 5.75 Å². The summed E-state index contributed by atoms with van der Waals surface area (Å²) in [5.41, 5.74) is 0.997. The van der Waals surface area contributed by atoms with Crippen molar-refractivity contribution in [2.24, 2.45) is 0 Å². The molecule has 0 saturated carbocycles.